The van der Waals surface area contributed by atoms with E-state index in [4.69, 9.17) is 0 Å². The van der Waals surface area contributed by atoms with Gasteiger partial charge in [-0.15, -0.1) is 0 Å². The number of alkyl halides is 3. The second-order valence-corrected chi connectivity index (χ2v) is 8.55. The standard InChI is InChI=1S/C22H18F4N2O3S/c23-19-10-9-16(21(29)28-18-8-4-7-17(14-18)22(24,25)26)13-20(19)32(30,31)27-12-11-15-5-2-1-3-6-15/h1-10,13-14,27H,11-12H2,(H,28,29). The van der Waals surface area contributed by atoms with Crippen molar-refractivity contribution in [2.45, 2.75) is 17.5 Å². The Balaban J connectivity index is 1.75. The van der Waals surface area contributed by atoms with Crippen molar-refractivity contribution in [3.05, 3.63) is 95.3 Å². The fourth-order valence-corrected chi connectivity index (χ4v) is 4.01. The van der Waals surface area contributed by atoms with Gasteiger partial charge < -0.3 is 5.32 Å². The third-order valence-corrected chi connectivity index (χ3v) is 5.96. The molecule has 168 valence electrons. The van der Waals surface area contributed by atoms with Crippen LogP contribution in [0.4, 0.5) is 23.2 Å². The molecule has 1 amide bonds. The van der Waals surface area contributed by atoms with Gasteiger partial charge in [-0.3, -0.25) is 4.79 Å². The van der Waals surface area contributed by atoms with Gasteiger partial charge in [-0.2, -0.15) is 13.2 Å². The molecule has 0 bridgehead atoms. The molecular weight excluding hydrogens is 448 g/mol. The first-order valence-electron chi connectivity index (χ1n) is 9.38. The van der Waals surface area contributed by atoms with E-state index in [2.05, 4.69) is 10.0 Å². The monoisotopic (exact) mass is 466 g/mol. The van der Waals surface area contributed by atoms with E-state index >= 15 is 0 Å². The van der Waals surface area contributed by atoms with Crippen LogP contribution in [0.2, 0.25) is 0 Å². The Hall–Kier alpha value is -3.24. The van der Waals surface area contributed by atoms with Gasteiger partial charge in [-0.25, -0.2) is 17.5 Å². The summed E-state index contributed by atoms with van der Waals surface area (Å²) >= 11 is 0. The predicted octanol–water partition coefficient (Wildman–Crippen LogP) is 4.62. The Labute approximate surface area is 182 Å². The average molecular weight is 466 g/mol. The zero-order valence-electron chi connectivity index (χ0n) is 16.5. The number of hydrogen-bond acceptors (Lipinski definition) is 3. The zero-order chi connectivity index (χ0) is 23.4. The highest BCUT2D eigenvalue weighted by Gasteiger charge is 2.30. The van der Waals surface area contributed by atoms with E-state index in [-0.39, 0.29) is 17.8 Å². The quantitative estimate of drug-likeness (QED) is 0.499. The topological polar surface area (TPSA) is 75.3 Å². The number of benzene rings is 3. The largest absolute Gasteiger partial charge is 0.416 e. The summed E-state index contributed by atoms with van der Waals surface area (Å²) in [5, 5.41) is 2.26. The summed E-state index contributed by atoms with van der Waals surface area (Å²) in [6, 6.07) is 15.7. The molecule has 0 fully saturated rings. The van der Waals surface area contributed by atoms with E-state index in [9.17, 15) is 30.8 Å². The summed E-state index contributed by atoms with van der Waals surface area (Å²) in [6.07, 6.45) is -4.22. The average Bonchev–Trinajstić information content (AvgIpc) is 2.74. The van der Waals surface area contributed by atoms with E-state index in [1.54, 1.807) is 12.1 Å². The Morgan fingerprint density at radius 2 is 1.62 bits per heavy atom. The summed E-state index contributed by atoms with van der Waals surface area (Å²) in [6.45, 7) is 0.00639. The molecule has 0 aliphatic carbocycles. The molecule has 0 spiro atoms. The minimum atomic E-state index is -4.59. The molecule has 0 aliphatic heterocycles. The molecule has 0 radical (unpaired) electrons. The molecule has 3 aromatic carbocycles. The number of carbonyl (C=O) groups excluding carboxylic acids is 1. The third-order valence-electron chi connectivity index (χ3n) is 4.48. The van der Waals surface area contributed by atoms with E-state index in [0.717, 1.165) is 42.0 Å². The minimum absolute atomic E-state index is 0.00639. The maximum absolute atomic E-state index is 14.2. The predicted molar refractivity (Wildman–Crippen MR) is 111 cm³/mol. The molecule has 0 aliphatic rings. The highest BCUT2D eigenvalue weighted by molar-refractivity contribution is 7.89. The highest BCUT2D eigenvalue weighted by atomic mass is 32.2. The van der Waals surface area contributed by atoms with E-state index in [0.29, 0.717) is 6.42 Å². The number of carbonyl (C=O) groups is 1. The van der Waals surface area contributed by atoms with Crippen LogP contribution in [0.15, 0.2) is 77.7 Å². The number of halogens is 4. The van der Waals surface area contributed by atoms with Crippen molar-refractivity contribution in [1.82, 2.24) is 4.72 Å². The summed E-state index contributed by atoms with van der Waals surface area (Å²) in [5.74, 6) is -1.95. The summed E-state index contributed by atoms with van der Waals surface area (Å²) in [4.78, 5) is 11.7. The van der Waals surface area contributed by atoms with Crippen LogP contribution < -0.4 is 10.0 Å². The number of amides is 1. The van der Waals surface area contributed by atoms with Gasteiger partial charge in [-0.1, -0.05) is 36.4 Å². The zero-order valence-corrected chi connectivity index (χ0v) is 17.3. The maximum atomic E-state index is 14.2. The number of hydrogen-bond donors (Lipinski definition) is 2. The molecule has 0 saturated heterocycles. The lowest BCUT2D eigenvalue weighted by Crippen LogP contribution is -2.27. The lowest BCUT2D eigenvalue weighted by molar-refractivity contribution is -0.137. The first kappa shape index (κ1) is 23.4. The van der Waals surface area contributed by atoms with Crippen LogP contribution in [0.1, 0.15) is 21.5 Å². The van der Waals surface area contributed by atoms with Gasteiger partial charge in [0, 0.05) is 17.8 Å². The van der Waals surface area contributed by atoms with E-state index < -0.39 is 38.4 Å². The fraction of sp³-hybridized carbons (Fsp3) is 0.136. The van der Waals surface area contributed by atoms with Crippen LogP contribution in [0.5, 0.6) is 0 Å². The Kier molecular flexibility index (Phi) is 6.95. The molecule has 3 aromatic rings. The van der Waals surface area contributed by atoms with E-state index in [1.165, 1.54) is 6.07 Å². The van der Waals surface area contributed by atoms with Crippen LogP contribution >= 0.6 is 0 Å². The molecule has 5 nitrogen and oxygen atoms in total. The van der Waals surface area contributed by atoms with Crippen LogP contribution in [-0.2, 0) is 22.6 Å². The fourth-order valence-electron chi connectivity index (χ4n) is 2.88. The van der Waals surface area contributed by atoms with Gasteiger partial charge in [0.05, 0.1) is 5.56 Å². The first-order valence-corrected chi connectivity index (χ1v) is 10.9. The second-order valence-electron chi connectivity index (χ2n) is 6.81. The lowest BCUT2D eigenvalue weighted by Gasteiger charge is -2.11. The van der Waals surface area contributed by atoms with Gasteiger partial charge in [0.15, 0.2) is 0 Å². The van der Waals surface area contributed by atoms with Crippen molar-refractivity contribution in [1.29, 1.82) is 0 Å². The van der Waals surface area contributed by atoms with E-state index in [1.807, 2.05) is 18.2 Å². The molecule has 0 heterocycles. The van der Waals surface area contributed by atoms with Crippen molar-refractivity contribution in [2.75, 3.05) is 11.9 Å². The summed E-state index contributed by atoms with van der Waals surface area (Å²) < 4.78 is 80.1. The molecule has 10 heteroatoms. The Bertz CT molecular complexity index is 1210. The maximum Gasteiger partial charge on any atom is 0.416 e. The molecule has 0 atom stereocenters. The minimum Gasteiger partial charge on any atom is -0.322 e. The Morgan fingerprint density at radius 3 is 2.31 bits per heavy atom. The second kappa shape index (κ2) is 9.49. The van der Waals surface area contributed by atoms with Crippen molar-refractivity contribution in [3.63, 3.8) is 0 Å². The summed E-state index contributed by atoms with van der Waals surface area (Å²) in [7, 11) is -4.27. The van der Waals surface area contributed by atoms with Crippen molar-refractivity contribution in [2.24, 2.45) is 0 Å². The molecular formula is C22H18F4N2O3S. The van der Waals surface area contributed by atoms with Gasteiger partial charge in [0.1, 0.15) is 10.7 Å². The smallest absolute Gasteiger partial charge is 0.322 e. The lowest BCUT2D eigenvalue weighted by atomic mass is 10.1. The van der Waals surface area contributed by atoms with Crippen LogP contribution in [0.3, 0.4) is 0 Å². The molecule has 0 aromatic heterocycles. The molecule has 32 heavy (non-hydrogen) atoms. The molecule has 0 saturated carbocycles. The molecule has 3 rings (SSSR count). The summed E-state index contributed by atoms with van der Waals surface area (Å²) in [5.41, 5.74) is -0.447. The van der Waals surface area contributed by atoms with Gasteiger partial charge in [0.2, 0.25) is 10.0 Å². The van der Waals surface area contributed by atoms with Crippen molar-refractivity contribution < 1.29 is 30.8 Å². The van der Waals surface area contributed by atoms with Gasteiger partial charge in [-0.05, 0) is 48.4 Å². The van der Waals surface area contributed by atoms with Crippen molar-refractivity contribution >= 4 is 21.6 Å². The number of anilines is 1. The van der Waals surface area contributed by atoms with Crippen molar-refractivity contribution in [3.8, 4) is 0 Å². The van der Waals surface area contributed by atoms with Gasteiger partial charge >= 0.3 is 6.18 Å². The Morgan fingerprint density at radius 1 is 0.906 bits per heavy atom. The molecule has 0 unspecified atom stereocenters. The van der Waals surface area contributed by atoms with Crippen LogP contribution in [-0.4, -0.2) is 20.9 Å². The molecule has 2 N–H and O–H groups in total. The highest BCUT2D eigenvalue weighted by Crippen LogP contribution is 2.30. The SMILES string of the molecule is O=C(Nc1cccc(C(F)(F)F)c1)c1ccc(F)c(S(=O)(=O)NCCc2ccccc2)c1. The first-order chi connectivity index (χ1) is 15.1. The normalized spacial score (nSPS) is 11.9. The van der Waals surface area contributed by atoms with Crippen LogP contribution in [0, 0.1) is 5.82 Å². The number of rotatable bonds is 7. The number of sulfonamides is 1. The van der Waals surface area contributed by atoms with Gasteiger partial charge in [0.25, 0.3) is 5.91 Å². The third kappa shape index (κ3) is 5.92. The van der Waals surface area contributed by atoms with Crippen LogP contribution in [0.25, 0.3) is 0 Å². The number of nitrogens with one attached hydrogen (secondary N) is 2.